The predicted octanol–water partition coefficient (Wildman–Crippen LogP) is 4.50. The molecule has 3 aromatic heterocycles. The fourth-order valence-corrected chi connectivity index (χ4v) is 4.53. The van der Waals surface area contributed by atoms with Gasteiger partial charge in [-0.05, 0) is 55.9 Å². The molecule has 6 heteroatoms. The SMILES string of the molecule is CC(C)(O)c1cn2c(-c3cccc(NC4CCCCC4(C)C)n3)cnc2cc1CO. The summed E-state index contributed by atoms with van der Waals surface area (Å²) in [5, 5.41) is 24.0. The van der Waals surface area contributed by atoms with Crippen LogP contribution in [0.25, 0.3) is 17.0 Å². The van der Waals surface area contributed by atoms with Crippen LogP contribution in [0.1, 0.15) is 64.5 Å². The summed E-state index contributed by atoms with van der Waals surface area (Å²) < 4.78 is 1.93. The first-order chi connectivity index (χ1) is 14.2. The van der Waals surface area contributed by atoms with E-state index in [0.717, 1.165) is 29.3 Å². The van der Waals surface area contributed by atoms with Gasteiger partial charge in [0.25, 0.3) is 0 Å². The van der Waals surface area contributed by atoms with Gasteiger partial charge in [-0.1, -0.05) is 32.8 Å². The molecule has 1 saturated carbocycles. The highest BCUT2D eigenvalue weighted by Crippen LogP contribution is 2.37. The zero-order valence-corrected chi connectivity index (χ0v) is 18.3. The Morgan fingerprint density at radius 2 is 2.07 bits per heavy atom. The monoisotopic (exact) mass is 408 g/mol. The minimum absolute atomic E-state index is 0.146. The first-order valence-corrected chi connectivity index (χ1v) is 10.8. The third kappa shape index (κ3) is 3.94. The lowest BCUT2D eigenvalue weighted by Gasteiger charge is -2.39. The van der Waals surface area contributed by atoms with Gasteiger partial charge in [-0.2, -0.15) is 0 Å². The van der Waals surface area contributed by atoms with Crippen molar-refractivity contribution >= 4 is 11.5 Å². The number of nitrogens with zero attached hydrogens (tertiary/aromatic N) is 3. The number of pyridine rings is 2. The van der Waals surface area contributed by atoms with Gasteiger partial charge >= 0.3 is 0 Å². The Kier molecular flexibility index (Phi) is 5.32. The number of aliphatic hydroxyl groups is 2. The van der Waals surface area contributed by atoms with Crippen LogP contribution >= 0.6 is 0 Å². The molecule has 3 heterocycles. The zero-order valence-electron chi connectivity index (χ0n) is 18.3. The lowest BCUT2D eigenvalue weighted by molar-refractivity contribution is 0.0755. The number of aromatic nitrogens is 3. The van der Waals surface area contributed by atoms with Crippen molar-refractivity contribution in [2.24, 2.45) is 5.41 Å². The second-order valence-electron chi connectivity index (χ2n) is 9.64. The molecule has 0 amide bonds. The van der Waals surface area contributed by atoms with E-state index in [1.165, 1.54) is 19.3 Å². The van der Waals surface area contributed by atoms with Crippen LogP contribution in [0.3, 0.4) is 0 Å². The summed E-state index contributed by atoms with van der Waals surface area (Å²) in [6, 6.07) is 8.24. The number of imidazole rings is 1. The van der Waals surface area contributed by atoms with Crippen LogP contribution < -0.4 is 5.32 Å². The Balaban J connectivity index is 1.72. The Bertz CT molecular complexity index is 1050. The van der Waals surface area contributed by atoms with E-state index in [-0.39, 0.29) is 12.0 Å². The molecule has 3 aromatic rings. The number of anilines is 1. The first kappa shape index (κ1) is 20.8. The second kappa shape index (κ2) is 7.67. The number of hydrogen-bond donors (Lipinski definition) is 3. The topological polar surface area (TPSA) is 82.7 Å². The maximum atomic E-state index is 10.6. The van der Waals surface area contributed by atoms with E-state index in [0.29, 0.717) is 17.2 Å². The van der Waals surface area contributed by atoms with E-state index < -0.39 is 5.60 Å². The molecule has 0 aliphatic heterocycles. The van der Waals surface area contributed by atoms with Gasteiger partial charge in [0, 0.05) is 17.8 Å². The molecule has 160 valence electrons. The average molecular weight is 409 g/mol. The largest absolute Gasteiger partial charge is 0.392 e. The Morgan fingerprint density at radius 1 is 1.27 bits per heavy atom. The summed E-state index contributed by atoms with van der Waals surface area (Å²) in [4.78, 5) is 9.38. The standard InChI is InChI=1S/C24H32N4O2/c1-23(2)11-6-5-9-20(23)27-21-10-7-8-18(26-21)19-13-25-22-12-16(15-29)17(14-28(19)22)24(3,4)30/h7-8,10,12-14,20,29-30H,5-6,9,11,15H2,1-4H3,(H,26,27). The molecule has 30 heavy (non-hydrogen) atoms. The van der Waals surface area contributed by atoms with Crippen molar-refractivity contribution in [3.63, 3.8) is 0 Å². The van der Waals surface area contributed by atoms with Crippen molar-refractivity contribution in [1.29, 1.82) is 0 Å². The molecule has 0 radical (unpaired) electrons. The van der Waals surface area contributed by atoms with Crippen LogP contribution in [-0.4, -0.2) is 30.6 Å². The van der Waals surface area contributed by atoms with Gasteiger partial charge in [0.2, 0.25) is 0 Å². The number of nitrogens with one attached hydrogen (secondary N) is 1. The van der Waals surface area contributed by atoms with Gasteiger partial charge in [-0.3, -0.25) is 4.40 Å². The molecule has 1 aliphatic carbocycles. The van der Waals surface area contributed by atoms with Crippen LogP contribution in [-0.2, 0) is 12.2 Å². The highest BCUT2D eigenvalue weighted by atomic mass is 16.3. The molecule has 0 saturated heterocycles. The summed E-state index contributed by atoms with van der Waals surface area (Å²) in [6.07, 6.45) is 8.58. The first-order valence-electron chi connectivity index (χ1n) is 10.8. The summed E-state index contributed by atoms with van der Waals surface area (Å²) in [7, 11) is 0. The van der Waals surface area contributed by atoms with Crippen molar-refractivity contribution in [2.45, 2.75) is 71.6 Å². The highest BCUT2D eigenvalue weighted by Gasteiger charge is 2.32. The van der Waals surface area contributed by atoms with E-state index >= 15 is 0 Å². The van der Waals surface area contributed by atoms with Crippen LogP contribution in [0.2, 0.25) is 0 Å². The van der Waals surface area contributed by atoms with Gasteiger partial charge in [0.05, 0.1) is 29.8 Å². The van der Waals surface area contributed by atoms with Gasteiger partial charge in [0.1, 0.15) is 11.5 Å². The zero-order chi connectivity index (χ0) is 21.5. The van der Waals surface area contributed by atoms with Crippen molar-refractivity contribution in [2.75, 3.05) is 5.32 Å². The summed E-state index contributed by atoms with van der Waals surface area (Å²) in [5.41, 5.74) is 2.92. The summed E-state index contributed by atoms with van der Waals surface area (Å²) in [6.45, 7) is 7.95. The molecule has 0 aromatic carbocycles. The maximum absolute atomic E-state index is 10.6. The third-order valence-corrected chi connectivity index (χ3v) is 6.40. The molecular weight excluding hydrogens is 376 g/mol. The van der Waals surface area contributed by atoms with E-state index in [9.17, 15) is 10.2 Å². The third-order valence-electron chi connectivity index (χ3n) is 6.40. The molecule has 1 atom stereocenters. The normalized spacial score (nSPS) is 19.2. The van der Waals surface area contributed by atoms with E-state index in [4.69, 9.17) is 4.98 Å². The van der Waals surface area contributed by atoms with Crippen molar-refractivity contribution in [1.82, 2.24) is 14.4 Å². The number of fused-ring (bicyclic) bond motifs is 1. The Hall–Kier alpha value is -2.44. The van der Waals surface area contributed by atoms with Crippen molar-refractivity contribution < 1.29 is 10.2 Å². The number of hydrogen-bond acceptors (Lipinski definition) is 5. The predicted molar refractivity (Wildman–Crippen MR) is 119 cm³/mol. The van der Waals surface area contributed by atoms with Crippen LogP contribution in [0.5, 0.6) is 0 Å². The minimum atomic E-state index is -1.07. The number of rotatable bonds is 5. The Morgan fingerprint density at radius 3 is 2.77 bits per heavy atom. The van der Waals surface area contributed by atoms with Crippen LogP contribution in [0.15, 0.2) is 36.7 Å². The summed E-state index contributed by atoms with van der Waals surface area (Å²) >= 11 is 0. The molecule has 0 bridgehead atoms. The molecule has 0 spiro atoms. The maximum Gasteiger partial charge on any atom is 0.137 e. The lowest BCUT2D eigenvalue weighted by atomic mass is 9.73. The smallest absolute Gasteiger partial charge is 0.137 e. The highest BCUT2D eigenvalue weighted by molar-refractivity contribution is 5.63. The van der Waals surface area contributed by atoms with E-state index in [2.05, 4.69) is 24.1 Å². The number of aliphatic hydroxyl groups excluding tert-OH is 1. The fraction of sp³-hybridized carbons (Fsp3) is 0.500. The van der Waals surface area contributed by atoms with Crippen molar-refractivity contribution in [3.05, 3.63) is 47.8 Å². The van der Waals surface area contributed by atoms with Gasteiger partial charge in [-0.25, -0.2) is 9.97 Å². The fourth-order valence-electron chi connectivity index (χ4n) is 4.53. The molecule has 1 fully saturated rings. The van der Waals surface area contributed by atoms with Crippen LogP contribution in [0, 0.1) is 5.41 Å². The van der Waals surface area contributed by atoms with E-state index in [1.807, 2.05) is 34.9 Å². The second-order valence-corrected chi connectivity index (χ2v) is 9.64. The van der Waals surface area contributed by atoms with Gasteiger partial charge < -0.3 is 15.5 Å². The average Bonchev–Trinajstić information content (AvgIpc) is 3.11. The molecule has 4 rings (SSSR count). The summed E-state index contributed by atoms with van der Waals surface area (Å²) in [5.74, 6) is 0.872. The van der Waals surface area contributed by atoms with Gasteiger partial charge in [0.15, 0.2) is 0 Å². The molecule has 6 nitrogen and oxygen atoms in total. The quantitative estimate of drug-likeness (QED) is 0.579. The lowest BCUT2D eigenvalue weighted by Crippen LogP contribution is -2.39. The van der Waals surface area contributed by atoms with Crippen LogP contribution in [0.4, 0.5) is 5.82 Å². The molecule has 1 aliphatic rings. The van der Waals surface area contributed by atoms with Crippen molar-refractivity contribution in [3.8, 4) is 11.4 Å². The van der Waals surface area contributed by atoms with E-state index in [1.54, 1.807) is 20.0 Å². The molecule has 1 unspecified atom stereocenters. The minimum Gasteiger partial charge on any atom is -0.392 e. The molecular formula is C24H32N4O2. The Labute approximate surface area is 178 Å². The van der Waals surface area contributed by atoms with Gasteiger partial charge in [-0.15, -0.1) is 0 Å². The molecule has 3 N–H and O–H groups in total.